The van der Waals surface area contributed by atoms with E-state index in [1.54, 1.807) is 12.3 Å². The van der Waals surface area contributed by atoms with Gasteiger partial charge in [-0.15, -0.1) is 0 Å². The first-order valence-electron chi connectivity index (χ1n) is 5.16. The van der Waals surface area contributed by atoms with Crippen LogP contribution in [-0.2, 0) is 0 Å². The summed E-state index contributed by atoms with van der Waals surface area (Å²) < 4.78 is 6.74. The molecular weight excluding hydrogens is 282 g/mol. The quantitative estimate of drug-likeness (QED) is 0.945. The second-order valence-corrected chi connectivity index (χ2v) is 4.47. The maximum atomic E-state index is 5.76. The fraction of sp³-hybridized carbons (Fsp3) is 0.167. The minimum absolute atomic E-state index is 0.172. The molecule has 88 valence electrons. The Kier molecular flexibility index (Phi) is 3.58. The summed E-state index contributed by atoms with van der Waals surface area (Å²) in [6.07, 6.45) is 1.45. The normalized spacial score (nSPS) is 12.1. The first-order chi connectivity index (χ1) is 8.15. The number of aromatic nitrogens is 2. The molecule has 0 aliphatic rings. The third-order valence-corrected chi connectivity index (χ3v) is 2.71. The summed E-state index contributed by atoms with van der Waals surface area (Å²) in [5.41, 5.74) is 6.29. The summed E-state index contributed by atoms with van der Waals surface area (Å²) in [4.78, 5) is 7.97. The lowest BCUT2D eigenvalue weighted by atomic mass is 10.2. The Balaban J connectivity index is 2.14. The second-order valence-electron chi connectivity index (χ2n) is 3.56. The van der Waals surface area contributed by atoms with Crippen molar-refractivity contribution in [3.63, 3.8) is 0 Å². The third-order valence-electron chi connectivity index (χ3n) is 2.22. The summed E-state index contributed by atoms with van der Waals surface area (Å²) in [5.74, 6) is 1.04. The first-order valence-corrected chi connectivity index (χ1v) is 5.95. The molecule has 0 aliphatic carbocycles. The lowest BCUT2D eigenvalue weighted by Crippen LogP contribution is -2.07. The molecule has 0 saturated carbocycles. The molecule has 0 unspecified atom stereocenters. The van der Waals surface area contributed by atoms with Gasteiger partial charge in [-0.05, 0) is 31.2 Å². The predicted octanol–water partition coefficient (Wildman–Crippen LogP) is 2.96. The van der Waals surface area contributed by atoms with Gasteiger partial charge in [-0.25, -0.2) is 9.97 Å². The Morgan fingerprint density at radius 1 is 1.35 bits per heavy atom. The van der Waals surface area contributed by atoms with Crippen molar-refractivity contribution in [2.45, 2.75) is 13.0 Å². The van der Waals surface area contributed by atoms with Gasteiger partial charge in [0.05, 0.1) is 5.69 Å². The van der Waals surface area contributed by atoms with E-state index in [0.717, 1.165) is 15.9 Å². The number of nitrogen functional groups attached to an aromatic ring is 1. The predicted molar refractivity (Wildman–Crippen MR) is 69.6 cm³/mol. The van der Waals surface area contributed by atoms with E-state index in [4.69, 9.17) is 10.5 Å². The van der Waals surface area contributed by atoms with Crippen LogP contribution in [0.15, 0.2) is 41.0 Å². The maximum absolute atomic E-state index is 5.76. The van der Waals surface area contributed by atoms with E-state index < -0.39 is 0 Å². The Morgan fingerprint density at radius 3 is 2.88 bits per heavy atom. The number of hydrogen-bond acceptors (Lipinski definition) is 4. The standard InChI is InChI=1S/C12H12BrN3O/c1-8(11-5-6-15-12(14)16-11)17-10-4-2-3-9(13)7-10/h2-8H,1H3,(H2,14,15,16)/t8-/m0/s1. The zero-order chi connectivity index (χ0) is 12.3. The molecular formula is C12H12BrN3O. The number of halogens is 1. The summed E-state index contributed by atoms with van der Waals surface area (Å²) in [5, 5.41) is 0. The van der Waals surface area contributed by atoms with Gasteiger partial charge in [-0.2, -0.15) is 0 Å². The van der Waals surface area contributed by atoms with Crippen molar-refractivity contribution in [3.05, 3.63) is 46.7 Å². The van der Waals surface area contributed by atoms with Crippen LogP contribution in [0.3, 0.4) is 0 Å². The first kappa shape index (κ1) is 11.9. The van der Waals surface area contributed by atoms with Crippen molar-refractivity contribution in [2.24, 2.45) is 0 Å². The van der Waals surface area contributed by atoms with Gasteiger partial charge >= 0.3 is 0 Å². The van der Waals surface area contributed by atoms with Crippen LogP contribution >= 0.6 is 15.9 Å². The highest BCUT2D eigenvalue weighted by Crippen LogP contribution is 2.23. The van der Waals surface area contributed by atoms with Crippen LogP contribution in [0.2, 0.25) is 0 Å². The van der Waals surface area contributed by atoms with E-state index in [9.17, 15) is 0 Å². The molecule has 2 aromatic rings. The van der Waals surface area contributed by atoms with Crippen LogP contribution in [-0.4, -0.2) is 9.97 Å². The summed E-state index contributed by atoms with van der Waals surface area (Å²) in [6, 6.07) is 9.45. The van der Waals surface area contributed by atoms with Gasteiger partial charge in [-0.1, -0.05) is 22.0 Å². The summed E-state index contributed by atoms with van der Waals surface area (Å²) in [6.45, 7) is 1.92. The van der Waals surface area contributed by atoms with E-state index in [0.29, 0.717) is 0 Å². The van der Waals surface area contributed by atoms with Gasteiger partial charge in [0.15, 0.2) is 0 Å². The number of hydrogen-bond donors (Lipinski definition) is 1. The lowest BCUT2D eigenvalue weighted by molar-refractivity contribution is 0.222. The topological polar surface area (TPSA) is 61.0 Å². The molecule has 0 aliphatic heterocycles. The average Bonchev–Trinajstić information content (AvgIpc) is 2.29. The molecule has 2 rings (SSSR count). The van der Waals surface area contributed by atoms with Crippen molar-refractivity contribution < 1.29 is 4.74 Å². The third kappa shape index (κ3) is 3.17. The molecule has 0 amide bonds. The number of ether oxygens (including phenoxy) is 1. The average molecular weight is 294 g/mol. The largest absolute Gasteiger partial charge is 0.484 e. The number of nitrogens with zero attached hydrogens (tertiary/aromatic N) is 2. The monoisotopic (exact) mass is 293 g/mol. The molecule has 17 heavy (non-hydrogen) atoms. The molecule has 4 nitrogen and oxygen atoms in total. The number of nitrogens with two attached hydrogens (primary N) is 1. The Bertz CT molecular complexity index is 519. The molecule has 1 aromatic carbocycles. The molecule has 1 heterocycles. The van der Waals surface area contributed by atoms with Crippen molar-refractivity contribution in [3.8, 4) is 5.75 Å². The van der Waals surface area contributed by atoms with Crippen LogP contribution in [0, 0.1) is 0 Å². The summed E-state index contributed by atoms with van der Waals surface area (Å²) >= 11 is 3.39. The van der Waals surface area contributed by atoms with Crippen LogP contribution in [0.4, 0.5) is 5.95 Å². The van der Waals surface area contributed by atoms with E-state index in [2.05, 4.69) is 25.9 Å². The molecule has 1 aromatic heterocycles. The van der Waals surface area contributed by atoms with Crippen LogP contribution in [0.1, 0.15) is 18.7 Å². The number of rotatable bonds is 3. The molecule has 0 spiro atoms. The van der Waals surface area contributed by atoms with Gasteiger partial charge in [0.25, 0.3) is 0 Å². The van der Waals surface area contributed by atoms with Crippen LogP contribution in [0.25, 0.3) is 0 Å². The van der Waals surface area contributed by atoms with Crippen molar-refractivity contribution in [1.82, 2.24) is 9.97 Å². The van der Waals surface area contributed by atoms with Gasteiger partial charge in [0, 0.05) is 10.7 Å². The number of anilines is 1. The van der Waals surface area contributed by atoms with E-state index in [1.807, 2.05) is 31.2 Å². The SMILES string of the molecule is C[C@H](Oc1cccc(Br)c1)c1ccnc(N)n1. The Labute approximate surface area is 108 Å². The molecule has 0 bridgehead atoms. The number of benzene rings is 1. The van der Waals surface area contributed by atoms with E-state index in [-0.39, 0.29) is 12.1 Å². The molecule has 1 atom stereocenters. The summed E-state index contributed by atoms with van der Waals surface area (Å²) in [7, 11) is 0. The van der Waals surface area contributed by atoms with Crippen molar-refractivity contribution >= 4 is 21.9 Å². The highest BCUT2D eigenvalue weighted by Gasteiger charge is 2.09. The molecule has 0 radical (unpaired) electrons. The second kappa shape index (κ2) is 5.14. The van der Waals surface area contributed by atoms with E-state index in [1.165, 1.54) is 0 Å². The van der Waals surface area contributed by atoms with Crippen molar-refractivity contribution in [2.75, 3.05) is 5.73 Å². The minimum Gasteiger partial charge on any atom is -0.484 e. The maximum Gasteiger partial charge on any atom is 0.220 e. The zero-order valence-corrected chi connectivity index (χ0v) is 10.9. The smallest absolute Gasteiger partial charge is 0.220 e. The molecule has 5 heteroatoms. The molecule has 0 fully saturated rings. The Morgan fingerprint density at radius 2 is 2.18 bits per heavy atom. The highest BCUT2D eigenvalue weighted by atomic mass is 79.9. The fourth-order valence-corrected chi connectivity index (χ4v) is 1.80. The molecule has 0 saturated heterocycles. The lowest BCUT2D eigenvalue weighted by Gasteiger charge is -2.14. The minimum atomic E-state index is -0.172. The zero-order valence-electron chi connectivity index (χ0n) is 9.30. The van der Waals surface area contributed by atoms with Gasteiger partial charge in [0.2, 0.25) is 5.95 Å². The fourth-order valence-electron chi connectivity index (χ4n) is 1.42. The van der Waals surface area contributed by atoms with Crippen LogP contribution < -0.4 is 10.5 Å². The Hall–Kier alpha value is -1.62. The van der Waals surface area contributed by atoms with Gasteiger partial charge in [-0.3, -0.25) is 0 Å². The highest BCUT2D eigenvalue weighted by molar-refractivity contribution is 9.10. The van der Waals surface area contributed by atoms with E-state index >= 15 is 0 Å². The van der Waals surface area contributed by atoms with Crippen LogP contribution in [0.5, 0.6) is 5.75 Å². The van der Waals surface area contributed by atoms with Gasteiger partial charge in [0.1, 0.15) is 11.9 Å². The van der Waals surface area contributed by atoms with Crippen molar-refractivity contribution in [1.29, 1.82) is 0 Å². The molecule has 2 N–H and O–H groups in total. The van der Waals surface area contributed by atoms with Gasteiger partial charge < -0.3 is 10.5 Å².